The second kappa shape index (κ2) is 10.1. The maximum absolute atomic E-state index is 12.7. The zero-order valence-electron chi connectivity index (χ0n) is 18.7. The van der Waals surface area contributed by atoms with Gasteiger partial charge in [-0.3, -0.25) is 9.59 Å². The van der Waals surface area contributed by atoms with Crippen molar-refractivity contribution in [3.63, 3.8) is 0 Å². The smallest absolute Gasteiger partial charge is 0.227 e. The molecule has 3 aromatic rings. The maximum Gasteiger partial charge on any atom is 0.227 e. The van der Waals surface area contributed by atoms with Gasteiger partial charge in [0.1, 0.15) is 0 Å². The topological polar surface area (TPSA) is 67.2 Å². The normalized spacial score (nSPS) is 14.5. The van der Waals surface area contributed by atoms with Gasteiger partial charge in [-0.25, -0.2) is 4.68 Å². The van der Waals surface area contributed by atoms with E-state index in [9.17, 15) is 9.59 Å². The fourth-order valence-corrected chi connectivity index (χ4v) is 4.99. The third kappa shape index (κ3) is 5.46. The lowest BCUT2D eigenvalue weighted by molar-refractivity contribution is -0.134. The molecule has 0 unspecified atom stereocenters. The summed E-state index contributed by atoms with van der Waals surface area (Å²) in [5, 5.41) is 9.60. The standard InChI is InChI=1S/C25H30N4O2S/c1-18-17-19(2)29(27-18)22-10-8-21(9-11-22)26-25(31)20-12-14-28(15-13-20)24(30)7-3-5-23-6-4-16-32-23/h4,6,8-11,16-17,20H,3,5,7,12-15H2,1-2H3,(H,26,31). The summed E-state index contributed by atoms with van der Waals surface area (Å²) >= 11 is 1.74. The van der Waals surface area contributed by atoms with Gasteiger partial charge in [0, 0.05) is 41.7 Å². The largest absolute Gasteiger partial charge is 0.343 e. The Morgan fingerprint density at radius 3 is 2.50 bits per heavy atom. The van der Waals surface area contributed by atoms with Crippen LogP contribution in [0.1, 0.15) is 41.9 Å². The van der Waals surface area contributed by atoms with Crippen LogP contribution in [0.3, 0.4) is 0 Å². The van der Waals surface area contributed by atoms with E-state index in [0.717, 1.165) is 35.6 Å². The monoisotopic (exact) mass is 450 g/mol. The van der Waals surface area contributed by atoms with Crippen LogP contribution < -0.4 is 5.32 Å². The van der Waals surface area contributed by atoms with Gasteiger partial charge in [0.2, 0.25) is 11.8 Å². The van der Waals surface area contributed by atoms with E-state index < -0.39 is 0 Å². The minimum atomic E-state index is -0.0548. The third-order valence-corrected chi connectivity index (χ3v) is 6.94. The van der Waals surface area contributed by atoms with Crippen molar-refractivity contribution in [2.24, 2.45) is 5.92 Å². The van der Waals surface area contributed by atoms with E-state index in [-0.39, 0.29) is 17.7 Å². The molecule has 2 amide bonds. The van der Waals surface area contributed by atoms with Gasteiger partial charge >= 0.3 is 0 Å². The van der Waals surface area contributed by atoms with Gasteiger partial charge in [-0.15, -0.1) is 11.3 Å². The van der Waals surface area contributed by atoms with Crippen LogP contribution in [0.4, 0.5) is 5.69 Å². The summed E-state index contributed by atoms with van der Waals surface area (Å²) in [5.41, 5.74) is 3.81. The molecule has 4 rings (SSSR count). The Kier molecular flexibility index (Phi) is 7.05. The predicted molar refractivity (Wildman–Crippen MR) is 128 cm³/mol. The number of hydrogen-bond donors (Lipinski definition) is 1. The number of benzene rings is 1. The molecule has 1 aliphatic heterocycles. The number of piperidine rings is 1. The Labute approximate surface area is 193 Å². The molecule has 2 aromatic heterocycles. The molecule has 1 fully saturated rings. The molecule has 0 aliphatic carbocycles. The van der Waals surface area contributed by atoms with Crippen LogP contribution in [0.25, 0.3) is 5.69 Å². The molecule has 168 valence electrons. The molecule has 7 heteroatoms. The molecule has 1 N–H and O–H groups in total. The van der Waals surface area contributed by atoms with Crippen LogP contribution in [-0.4, -0.2) is 39.6 Å². The van der Waals surface area contributed by atoms with E-state index in [1.807, 2.05) is 59.8 Å². The first-order valence-electron chi connectivity index (χ1n) is 11.2. The highest BCUT2D eigenvalue weighted by molar-refractivity contribution is 7.09. The molecule has 0 bridgehead atoms. The Morgan fingerprint density at radius 1 is 1.12 bits per heavy atom. The fourth-order valence-electron chi connectivity index (χ4n) is 4.24. The first-order chi connectivity index (χ1) is 15.5. The SMILES string of the molecule is Cc1cc(C)n(-c2ccc(NC(=O)C3CCN(C(=O)CCCc4cccs4)CC3)cc2)n1. The summed E-state index contributed by atoms with van der Waals surface area (Å²) in [5.74, 6) is 0.190. The lowest BCUT2D eigenvalue weighted by Crippen LogP contribution is -2.41. The van der Waals surface area contributed by atoms with E-state index in [1.165, 1.54) is 4.88 Å². The molecule has 0 spiro atoms. The van der Waals surface area contributed by atoms with Crippen molar-refractivity contribution in [1.82, 2.24) is 14.7 Å². The number of thiophene rings is 1. The quantitative estimate of drug-likeness (QED) is 0.565. The van der Waals surface area contributed by atoms with Crippen LogP contribution in [-0.2, 0) is 16.0 Å². The van der Waals surface area contributed by atoms with Crippen molar-refractivity contribution in [2.45, 2.75) is 46.0 Å². The lowest BCUT2D eigenvalue weighted by atomic mass is 9.95. The molecule has 1 aliphatic rings. The van der Waals surface area contributed by atoms with Crippen molar-refractivity contribution in [3.8, 4) is 5.69 Å². The number of carbonyl (C=O) groups excluding carboxylic acids is 2. The molecule has 0 saturated carbocycles. The number of amides is 2. The van der Waals surface area contributed by atoms with Crippen molar-refractivity contribution in [1.29, 1.82) is 0 Å². The fraction of sp³-hybridized carbons (Fsp3) is 0.400. The molecule has 1 aromatic carbocycles. The summed E-state index contributed by atoms with van der Waals surface area (Å²) in [6.07, 6.45) is 3.85. The van der Waals surface area contributed by atoms with Crippen LogP contribution in [0, 0.1) is 19.8 Å². The maximum atomic E-state index is 12.7. The Morgan fingerprint density at radius 2 is 1.88 bits per heavy atom. The minimum Gasteiger partial charge on any atom is -0.343 e. The Bertz CT molecular complexity index is 1050. The average Bonchev–Trinajstić information content (AvgIpc) is 3.43. The number of likely N-dealkylation sites (tertiary alicyclic amines) is 1. The lowest BCUT2D eigenvalue weighted by Gasteiger charge is -2.31. The molecular weight excluding hydrogens is 420 g/mol. The van der Waals surface area contributed by atoms with Crippen LogP contribution >= 0.6 is 11.3 Å². The number of nitrogens with one attached hydrogen (secondary N) is 1. The predicted octanol–water partition coefficient (Wildman–Crippen LogP) is 4.75. The molecule has 0 atom stereocenters. The van der Waals surface area contributed by atoms with Crippen molar-refractivity contribution >= 4 is 28.8 Å². The second-order valence-electron chi connectivity index (χ2n) is 8.46. The zero-order chi connectivity index (χ0) is 22.5. The number of hydrogen-bond acceptors (Lipinski definition) is 4. The van der Waals surface area contributed by atoms with Gasteiger partial charge in [0.15, 0.2) is 0 Å². The van der Waals surface area contributed by atoms with E-state index in [2.05, 4.69) is 21.9 Å². The summed E-state index contributed by atoms with van der Waals surface area (Å²) in [6, 6.07) is 14.0. The number of anilines is 1. The van der Waals surface area contributed by atoms with Crippen LogP contribution in [0.15, 0.2) is 47.8 Å². The summed E-state index contributed by atoms with van der Waals surface area (Å²) in [7, 11) is 0. The average molecular weight is 451 g/mol. The van der Waals surface area contributed by atoms with Gasteiger partial charge in [-0.2, -0.15) is 5.10 Å². The Balaban J connectivity index is 1.23. The van der Waals surface area contributed by atoms with Gasteiger partial charge < -0.3 is 10.2 Å². The Hall–Kier alpha value is -2.93. The number of carbonyl (C=O) groups is 2. The number of aromatic nitrogens is 2. The first kappa shape index (κ1) is 22.3. The molecule has 1 saturated heterocycles. The zero-order valence-corrected chi connectivity index (χ0v) is 19.5. The highest BCUT2D eigenvalue weighted by atomic mass is 32.1. The van der Waals surface area contributed by atoms with Crippen LogP contribution in [0.2, 0.25) is 0 Å². The second-order valence-corrected chi connectivity index (χ2v) is 9.50. The van der Waals surface area contributed by atoms with Gasteiger partial charge in [-0.1, -0.05) is 6.07 Å². The van der Waals surface area contributed by atoms with Crippen molar-refractivity contribution in [2.75, 3.05) is 18.4 Å². The third-order valence-electron chi connectivity index (χ3n) is 6.00. The summed E-state index contributed by atoms with van der Waals surface area (Å²) in [4.78, 5) is 28.5. The van der Waals surface area contributed by atoms with Gasteiger partial charge in [0.25, 0.3) is 0 Å². The molecular formula is C25H30N4O2S. The van der Waals surface area contributed by atoms with Crippen LogP contribution in [0.5, 0.6) is 0 Å². The van der Waals surface area contributed by atoms with E-state index >= 15 is 0 Å². The molecule has 32 heavy (non-hydrogen) atoms. The highest BCUT2D eigenvalue weighted by Gasteiger charge is 2.27. The van der Waals surface area contributed by atoms with Crippen molar-refractivity contribution in [3.05, 3.63) is 64.1 Å². The van der Waals surface area contributed by atoms with E-state index in [1.54, 1.807) is 11.3 Å². The number of rotatable bonds is 7. The van der Waals surface area contributed by atoms with E-state index in [4.69, 9.17) is 0 Å². The highest BCUT2D eigenvalue weighted by Crippen LogP contribution is 2.22. The number of nitrogens with zero attached hydrogens (tertiary/aromatic N) is 3. The summed E-state index contributed by atoms with van der Waals surface area (Å²) < 4.78 is 1.90. The van der Waals surface area contributed by atoms with Crippen molar-refractivity contribution < 1.29 is 9.59 Å². The minimum absolute atomic E-state index is 0.0358. The van der Waals surface area contributed by atoms with Gasteiger partial charge in [0.05, 0.1) is 11.4 Å². The van der Waals surface area contributed by atoms with E-state index in [0.29, 0.717) is 32.4 Å². The molecule has 0 radical (unpaired) electrons. The molecule has 3 heterocycles. The summed E-state index contributed by atoms with van der Waals surface area (Å²) in [6.45, 7) is 5.32. The van der Waals surface area contributed by atoms with Gasteiger partial charge in [-0.05, 0) is 81.3 Å². The first-order valence-corrected chi connectivity index (χ1v) is 12.1. The number of aryl methyl sites for hydroxylation is 3. The molecule has 6 nitrogen and oxygen atoms in total.